The van der Waals surface area contributed by atoms with Crippen LogP contribution in [0.1, 0.15) is 52.4 Å². The molecule has 2 aliphatic rings. The summed E-state index contributed by atoms with van der Waals surface area (Å²) in [4.78, 5) is 2.62. The van der Waals surface area contributed by atoms with Gasteiger partial charge < -0.3 is 15.0 Å². The molecule has 3 nitrogen and oxygen atoms in total. The molecule has 0 spiro atoms. The highest BCUT2D eigenvalue weighted by Crippen LogP contribution is 2.27. The normalized spacial score (nSPS) is 32.7. The topological polar surface area (TPSA) is 24.5 Å². The fraction of sp³-hybridized carbons (Fsp3) is 1.00. The number of nitrogens with one attached hydrogen (secondary N) is 1. The van der Waals surface area contributed by atoms with Crippen molar-refractivity contribution >= 4 is 0 Å². The Labute approximate surface area is 125 Å². The van der Waals surface area contributed by atoms with Gasteiger partial charge in [0.1, 0.15) is 0 Å². The van der Waals surface area contributed by atoms with Crippen molar-refractivity contribution in [2.45, 2.75) is 64.5 Å². The predicted molar refractivity (Wildman–Crippen MR) is 85.1 cm³/mol. The van der Waals surface area contributed by atoms with Crippen LogP contribution in [-0.4, -0.2) is 50.3 Å². The van der Waals surface area contributed by atoms with Gasteiger partial charge in [-0.3, -0.25) is 0 Å². The SMILES string of the molecule is CCCNC(CN(C)C1CCC(C)CC1)C1CCOC1. The van der Waals surface area contributed by atoms with E-state index in [1.807, 2.05) is 0 Å². The first-order valence-corrected chi connectivity index (χ1v) is 8.72. The van der Waals surface area contributed by atoms with Crippen LogP contribution in [0.25, 0.3) is 0 Å². The fourth-order valence-electron chi connectivity index (χ4n) is 3.72. The van der Waals surface area contributed by atoms with Crippen LogP contribution < -0.4 is 5.32 Å². The number of hydrogen-bond donors (Lipinski definition) is 1. The highest BCUT2D eigenvalue weighted by Gasteiger charge is 2.29. The van der Waals surface area contributed by atoms with Gasteiger partial charge in [0.05, 0.1) is 6.61 Å². The second-order valence-electron chi connectivity index (χ2n) is 7.04. The summed E-state index contributed by atoms with van der Waals surface area (Å²) in [6.07, 6.45) is 8.05. The number of ether oxygens (including phenoxy) is 1. The Bertz CT molecular complexity index is 258. The highest BCUT2D eigenvalue weighted by atomic mass is 16.5. The van der Waals surface area contributed by atoms with Crippen molar-refractivity contribution in [2.24, 2.45) is 11.8 Å². The minimum atomic E-state index is 0.613. The average Bonchev–Trinajstić information content (AvgIpc) is 2.98. The third-order valence-electron chi connectivity index (χ3n) is 5.28. The summed E-state index contributed by atoms with van der Waals surface area (Å²) < 4.78 is 5.60. The zero-order valence-electron chi connectivity index (χ0n) is 13.7. The van der Waals surface area contributed by atoms with Crippen LogP contribution in [0.5, 0.6) is 0 Å². The summed E-state index contributed by atoms with van der Waals surface area (Å²) in [5, 5.41) is 3.77. The lowest BCUT2D eigenvalue weighted by molar-refractivity contribution is 0.131. The average molecular weight is 282 g/mol. The second-order valence-corrected chi connectivity index (χ2v) is 7.04. The molecule has 1 aliphatic heterocycles. The van der Waals surface area contributed by atoms with Gasteiger partial charge in [0.2, 0.25) is 0 Å². The molecule has 3 heteroatoms. The summed E-state index contributed by atoms with van der Waals surface area (Å²) in [5.74, 6) is 1.66. The Kier molecular flexibility index (Phi) is 6.79. The van der Waals surface area contributed by atoms with Gasteiger partial charge in [-0.25, -0.2) is 0 Å². The van der Waals surface area contributed by atoms with Crippen LogP contribution in [-0.2, 0) is 4.74 Å². The van der Waals surface area contributed by atoms with E-state index >= 15 is 0 Å². The van der Waals surface area contributed by atoms with Crippen molar-refractivity contribution in [3.05, 3.63) is 0 Å². The fourth-order valence-corrected chi connectivity index (χ4v) is 3.72. The molecule has 1 N–H and O–H groups in total. The molecule has 2 fully saturated rings. The lowest BCUT2D eigenvalue weighted by atomic mass is 9.86. The summed E-state index contributed by atoms with van der Waals surface area (Å²) >= 11 is 0. The number of nitrogens with zero attached hydrogens (tertiary/aromatic N) is 1. The summed E-state index contributed by atoms with van der Waals surface area (Å²) in [6, 6.07) is 1.42. The molecule has 0 bridgehead atoms. The molecule has 0 aromatic rings. The van der Waals surface area contributed by atoms with Gasteiger partial charge in [0.15, 0.2) is 0 Å². The third-order valence-corrected chi connectivity index (χ3v) is 5.28. The first-order chi connectivity index (χ1) is 9.70. The summed E-state index contributed by atoms with van der Waals surface area (Å²) in [6.45, 7) is 8.89. The molecule has 118 valence electrons. The first-order valence-electron chi connectivity index (χ1n) is 8.72. The van der Waals surface area contributed by atoms with Gasteiger partial charge in [-0.1, -0.05) is 13.8 Å². The second kappa shape index (κ2) is 8.35. The smallest absolute Gasteiger partial charge is 0.0510 e. The van der Waals surface area contributed by atoms with Crippen LogP contribution in [0, 0.1) is 11.8 Å². The van der Waals surface area contributed by atoms with E-state index in [-0.39, 0.29) is 0 Å². The van der Waals surface area contributed by atoms with Crippen LogP contribution >= 0.6 is 0 Å². The molecule has 1 heterocycles. The molecule has 1 aliphatic carbocycles. The maximum absolute atomic E-state index is 5.60. The van der Waals surface area contributed by atoms with Crippen LogP contribution in [0.3, 0.4) is 0 Å². The van der Waals surface area contributed by atoms with E-state index in [9.17, 15) is 0 Å². The number of rotatable bonds is 7. The molecule has 0 amide bonds. The Morgan fingerprint density at radius 2 is 1.95 bits per heavy atom. The Balaban J connectivity index is 1.82. The first kappa shape index (κ1) is 16.3. The molecule has 20 heavy (non-hydrogen) atoms. The van der Waals surface area contributed by atoms with Gasteiger partial charge in [-0.05, 0) is 58.0 Å². The van der Waals surface area contributed by atoms with Crippen molar-refractivity contribution in [1.82, 2.24) is 10.2 Å². The van der Waals surface area contributed by atoms with E-state index in [0.29, 0.717) is 12.0 Å². The van der Waals surface area contributed by atoms with Crippen molar-refractivity contribution in [3.63, 3.8) is 0 Å². The number of hydrogen-bond acceptors (Lipinski definition) is 3. The maximum atomic E-state index is 5.60. The molecule has 0 radical (unpaired) electrons. The molecular weight excluding hydrogens is 248 g/mol. The van der Waals surface area contributed by atoms with E-state index in [1.165, 1.54) is 45.1 Å². The van der Waals surface area contributed by atoms with Gasteiger partial charge in [0.25, 0.3) is 0 Å². The van der Waals surface area contributed by atoms with E-state index in [2.05, 4.69) is 31.1 Å². The van der Waals surface area contributed by atoms with Crippen molar-refractivity contribution in [1.29, 1.82) is 0 Å². The molecule has 0 aromatic carbocycles. The van der Waals surface area contributed by atoms with E-state index in [1.54, 1.807) is 0 Å². The molecular formula is C17H34N2O. The molecule has 2 rings (SSSR count). The molecule has 2 unspecified atom stereocenters. The van der Waals surface area contributed by atoms with Gasteiger partial charge in [-0.2, -0.15) is 0 Å². The van der Waals surface area contributed by atoms with Crippen LogP contribution in [0.4, 0.5) is 0 Å². The van der Waals surface area contributed by atoms with E-state index in [0.717, 1.165) is 31.7 Å². The van der Waals surface area contributed by atoms with Crippen LogP contribution in [0.2, 0.25) is 0 Å². The zero-order chi connectivity index (χ0) is 14.4. The summed E-state index contributed by atoms with van der Waals surface area (Å²) in [5.41, 5.74) is 0. The van der Waals surface area contributed by atoms with Crippen molar-refractivity contribution < 1.29 is 4.74 Å². The van der Waals surface area contributed by atoms with Gasteiger partial charge in [-0.15, -0.1) is 0 Å². The Morgan fingerprint density at radius 1 is 1.20 bits per heavy atom. The van der Waals surface area contributed by atoms with E-state index < -0.39 is 0 Å². The standard InChI is InChI=1S/C17H34N2O/c1-4-10-18-17(15-9-11-20-13-15)12-19(3)16-7-5-14(2)6-8-16/h14-18H,4-13H2,1-3H3. The van der Waals surface area contributed by atoms with Crippen LogP contribution in [0.15, 0.2) is 0 Å². The highest BCUT2D eigenvalue weighted by molar-refractivity contribution is 4.85. The lowest BCUT2D eigenvalue weighted by Crippen LogP contribution is -2.48. The lowest BCUT2D eigenvalue weighted by Gasteiger charge is -2.37. The quantitative estimate of drug-likeness (QED) is 0.777. The van der Waals surface area contributed by atoms with Crippen molar-refractivity contribution in [2.75, 3.05) is 33.4 Å². The number of likely N-dealkylation sites (N-methyl/N-ethyl adjacent to an activating group) is 1. The molecule has 1 saturated carbocycles. The minimum absolute atomic E-state index is 0.613. The van der Waals surface area contributed by atoms with E-state index in [4.69, 9.17) is 4.74 Å². The Morgan fingerprint density at radius 3 is 2.55 bits per heavy atom. The summed E-state index contributed by atoms with van der Waals surface area (Å²) in [7, 11) is 2.33. The monoisotopic (exact) mass is 282 g/mol. The Hall–Kier alpha value is -0.120. The zero-order valence-corrected chi connectivity index (χ0v) is 13.7. The maximum Gasteiger partial charge on any atom is 0.0510 e. The largest absolute Gasteiger partial charge is 0.381 e. The third kappa shape index (κ3) is 4.71. The van der Waals surface area contributed by atoms with Gasteiger partial charge in [0, 0.05) is 31.2 Å². The molecule has 0 aromatic heterocycles. The minimum Gasteiger partial charge on any atom is -0.381 e. The van der Waals surface area contributed by atoms with Gasteiger partial charge >= 0.3 is 0 Å². The molecule has 1 saturated heterocycles. The predicted octanol–water partition coefficient (Wildman–Crippen LogP) is 2.90. The van der Waals surface area contributed by atoms with Crippen molar-refractivity contribution in [3.8, 4) is 0 Å². The molecule has 2 atom stereocenters.